The van der Waals surface area contributed by atoms with Crippen LogP contribution < -0.4 is 5.32 Å². The molecule has 1 aliphatic heterocycles. The molecule has 174 valence electrons. The number of carbonyl (C=O) groups excluding carboxylic acids is 2. The van der Waals surface area contributed by atoms with Crippen LogP contribution >= 0.6 is 0 Å². The van der Waals surface area contributed by atoms with Crippen molar-refractivity contribution in [1.29, 1.82) is 0 Å². The molecule has 0 saturated carbocycles. The molecule has 1 saturated heterocycles. The van der Waals surface area contributed by atoms with Crippen molar-refractivity contribution < 1.29 is 22.5 Å². The highest BCUT2D eigenvalue weighted by Gasteiger charge is 2.43. The van der Waals surface area contributed by atoms with Crippen LogP contribution in [-0.4, -0.2) is 60.8 Å². The number of hydrogen-bond donors (Lipinski definition) is 1. The lowest BCUT2D eigenvalue weighted by atomic mass is 10.1. The Balaban J connectivity index is 1.47. The van der Waals surface area contributed by atoms with Crippen LogP contribution in [0.3, 0.4) is 0 Å². The first-order valence-corrected chi connectivity index (χ1v) is 12.1. The highest BCUT2D eigenvalue weighted by molar-refractivity contribution is 7.89. The van der Waals surface area contributed by atoms with Crippen molar-refractivity contribution in [3.63, 3.8) is 0 Å². The van der Waals surface area contributed by atoms with E-state index in [1.165, 1.54) is 23.2 Å². The summed E-state index contributed by atoms with van der Waals surface area (Å²) in [6, 6.07) is 12.4. The van der Waals surface area contributed by atoms with Crippen molar-refractivity contribution in [2.24, 2.45) is 0 Å². The molecule has 1 fully saturated rings. The van der Waals surface area contributed by atoms with Crippen LogP contribution in [0.2, 0.25) is 0 Å². The molecule has 1 N–H and O–H groups in total. The predicted octanol–water partition coefficient (Wildman–Crippen LogP) is 2.69. The Kier molecular flexibility index (Phi) is 6.22. The largest absolute Gasteiger partial charge is 0.360 e. The molecule has 1 atom stereocenters. The number of likely N-dealkylation sites (N-methyl/N-ethyl adjacent to an activating group) is 1. The maximum absolute atomic E-state index is 13.2. The van der Waals surface area contributed by atoms with E-state index in [-0.39, 0.29) is 35.3 Å². The molecule has 0 aliphatic carbocycles. The van der Waals surface area contributed by atoms with Crippen LogP contribution in [-0.2, 0) is 19.6 Å². The molecule has 0 spiro atoms. The second-order valence-electron chi connectivity index (χ2n) is 8.20. The van der Waals surface area contributed by atoms with Crippen molar-refractivity contribution in [3.05, 3.63) is 53.9 Å². The zero-order valence-corrected chi connectivity index (χ0v) is 19.6. The van der Waals surface area contributed by atoms with E-state index in [9.17, 15) is 18.0 Å². The van der Waals surface area contributed by atoms with E-state index in [1.54, 1.807) is 13.0 Å². The standard InChI is InChI=1S/C23H26N4O5S/c1-15-22(16(2)32-25-15)33(30,31)27-13-7-12-20(27)23(29)26(3)14-21(28)24-19-11-6-9-17-8-4-5-10-18(17)19/h4-6,8-11,20H,7,12-14H2,1-3H3,(H,24,28)/t20-/m0/s1. The van der Waals surface area contributed by atoms with E-state index in [1.807, 2.05) is 36.4 Å². The summed E-state index contributed by atoms with van der Waals surface area (Å²) < 4.78 is 32.7. The first-order valence-electron chi connectivity index (χ1n) is 10.7. The maximum Gasteiger partial charge on any atom is 0.249 e. The monoisotopic (exact) mass is 470 g/mol. The number of anilines is 1. The summed E-state index contributed by atoms with van der Waals surface area (Å²) >= 11 is 0. The number of fused-ring (bicyclic) bond motifs is 1. The van der Waals surface area contributed by atoms with Gasteiger partial charge in [0.15, 0.2) is 5.76 Å². The second kappa shape index (κ2) is 8.95. The van der Waals surface area contributed by atoms with Crippen molar-refractivity contribution >= 4 is 38.3 Å². The zero-order chi connectivity index (χ0) is 23.8. The number of nitrogens with one attached hydrogen (secondary N) is 1. The quantitative estimate of drug-likeness (QED) is 0.593. The fourth-order valence-electron chi connectivity index (χ4n) is 4.31. The third-order valence-electron chi connectivity index (χ3n) is 5.84. The van der Waals surface area contributed by atoms with Crippen molar-refractivity contribution in [3.8, 4) is 0 Å². The number of aromatic nitrogens is 1. The first-order chi connectivity index (χ1) is 15.7. The minimum Gasteiger partial charge on any atom is -0.360 e. The van der Waals surface area contributed by atoms with Crippen LogP contribution in [0.25, 0.3) is 10.8 Å². The van der Waals surface area contributed by atoms with Crippen molar-refractivity contribution in [2.45, 2.75) is 37.6 Å². The molecule has 10 heteroatoms. The van der Waals surface area contributed by atoms with Crippen LogP contribution in [0, 0.1) is 13.8 Å². The lowest BCUT2D eigenvalue weighted by Crippen LogP contribution is -2.48. The summed E-state index contributed by atoms with van der Waals surface area (Å²) in [5, 5.41) is 8.47. The SMILES string of the molecule is Cc1noc(C)c1S(=O)(=O)N1CCC[C@H]1C(=O)N(C)CC(=O)Nc1cccc2ccccc12. The number of aryl methyl sites for hydroxylation is 2. The van der Waals surface area contributed by atoms with Gasteiger partial charge >= 0.3 is 0 Å². The summed E-state index contributed by atoms with van der Waals surface area (Å²) in [4.78, 5) is 27.1. The molecule has 3 aromatic rings. The van der Waals surface area contributed by atoms with E-state index in [2.05, 4.69) is 10.5 Å². The van der Waals surface area contributed by atoms with Gasteiger partial charge in [0.1, 0.15) is 16.6 Å². The zero-order valence-electron chi connectivity index (χ0n) is 18.7. The van der Waals surface area contributed by atoms with E-state index >= 15 is 0 Å². The minimum absolute atomic E-state index is 0.00134. The Hall–Kier alpha value is -3.24. The Labute approximate surface area is 192 Å². The Bertz CT molecular complexity index is 1290. The molecule has 2 amide bonds. The lowest BCUT2D eigenvalue weighted by molar-refractivity contribution is -0.136. The average Bonchev–Trinajstić information content (AvgIpc) is 3.40. The third-order valence-corrected chi connectivity index (χ3v) is 8.00. The molecule has 4 rings (SSSR count). The highest BCUT2D eigenvalue weighted by atomic mass is 32.2. The molecule has 1 aromatic heterocycles. The third kappa shape index (κ3) is 4.36. The number of carbonyl (C=O) groups is 2. The van der Waals surface area contributed by atoms with Gasteiger partial charge in [-0.25, -0.2) is 8.42 Å². The van der Waals surface area contributed by atoms with Crippen LogP contribution in [0.1, 0.15) is 24.3 Å². The average molecular weight is 471 g/mol. The number of sulfonamides is 1. The second-order valence-corrected chi connectivity index (χ2v) is 10.0. The van der Waals surface area contributed by atoms with Gasteiger partial charge in [-0.05, 0) is 38.1 Å². The molecule has 0 unspecified atom stereocenters. The number of hydrogen-bond acceptors (Lipinski definition) is 6. The number of amides is 2. The Morgan fingerprint density at radius 1 is 1.18 bits per heavy atom. The van der Waals surface area contributed by atoms with E-state index in [0.717, 1.165) is 10.8 Å². The van der Waals surface area contributed by atoms with Crippen molar-refractivity contribution in [2.75, 3.05) is 25.5 Å². The van der Waals surface area contributed by atoms with E-state index < -0.39 is 22.0 Å². The van der Waals surface area contributed by atoms with Crippen molar-refractivity contribution in [1.82, 2.24) is 14.4 Å². The molecule has 2 aromatic carbocycles. The summed E-state index contributed by atoms with van der Waals surface area (Å²) in [5.41, 5.74) is 0.913. The predicted molar refractivity (Wildman–Crippen MR) is 123 cm³/mol. The lowest BCUT2D eigenvalue weighted by Gasteiger charge is -2.27. The van der Waals surface area contributed by atoms with E-state index in [4.69, 9.17) is 4.52 Å². The normalized spacial score (nSPS) is 16.8. The summed E-state index contributed by atoms with van der Waals surface area (Å²) in [6.45, 7) is 3.11. The summed E-state index contributed by atoms with van der Waals surface area (Å²) in [5.74, 6) is -0.593. The molecule has 9 nitrogen and oxygen atoms in total. The molecule has 33 heavy (non-hydrogen) atoms. The molecule has 1 aliphatic rings. The van der Waals surface area contributed by atoms with Gasteiger partial charge in [-0.3, -0.25) is 9.59 Å². The first kappa shape index (κ1) is 22.9. The van der Waals surface area contributed by atoms with Gasteiger partial charge in [0.2, 0.25) is 21.8 Å². The topological polar surface area (TPSA) is 113 Å². The Morgan fingerprint density at radius 2 is 1.91 bits per heavy atom. The van der Waals surface area contributed by atoms with Gasteiger partial charge in [-0.15, -0.1) is 0 Å². The smallest absolute Gasteiger partial charge is 0.249 e. The van der Waals surface area contributed by atoms with Gasteiger partial charge in [0.05, 0.1) is 6.54 Å². The summed E-state index contributed by atoms with van der Waals surface area (Å²) in [6.07, 6.45) is 0.936. The fourth-order valence-corrected chi connectivity index (χ4v) is 6.25. The van der Waals surface area contributed by atoms with Crippen LogP contribution in [0.5, 0.6) is 0 Å². The summed E-state index contributed by atoms with van der Waals surface area (Å²) in [7, 11) is -2.45. The van der Waals surface area contributed by atoms with Gasteiger partial charge < -0.3 is 14.7 Å². The molecular weight excluding hydrogens is 444 g/mol. The molecule has 0 radical (unpaired) electrons. The Morgan fingerprint density at radius 3 is 2.64 bits per heavy atom. The van der Waals surface area contributed by atoms with Gasteiger partial charge in [0.25, 0.3) is 0 Å². The van der Waals surface area contributed by atoms with Crippen LogP contribution in [0.15, 0.2) is 51.9 Å². The number of benzene rings is 2. The van der Waals surface area contributed by atoms with Gasteiger partial charge in [-0.1, -0.05) is 41.6 Å². The molecular formula is C23H26N4O5S. The fraction of sp³-hybridized carbons (Fsp3) is 0.348. The molecule has 0 bridgehead atoms. The van der Waals surface area contributed by atoms with Gasteiger partial charge in [-0.2, -0.15) is 4.31 Å². The molecule has 2 heterocycles. The number of nitrogens with zero attached hydrogens (tertiary/aromatic N) is 3. The van der Waals surface area contributed by atoms with E-state index in [0.29, 0.717) is 18.5 Å². The highest BCUT2D eigenvalue weighted by Crippen LogP contribution is 2.30. The minimum atomic E-state index is -3.96. The maximum atomic E-state index is 13.2. The van der Waals surface area contributed by atoms with Gasteiger partial charge in [0, 0.05) is 24.7 Å². The number of rotatable bonds is 6. The van der Waals surface area contributed by atoms with Crippen LogP contribution in [0.4, 0.5) is 5.69 Å².